The molecule has 9 nitrogen and oxygen atoms in total. The minimum absolute atomic E-state index is 0.0147. The van der Waals surface area contributed by atoms with Crippen molar-refractivity contribution in [3.8, 4) is 11.5 Å². The highest BCUT2D eigenvalue weighted by molar-refractivity contribution is 7.92. The second-order valence-electron chi connectivity index (χ2n) is 9.50. The van der Waals surface area contributed by atoms with E-state index < -0.39 is 28.5 Å². The molecule has 11 heteroatoms. The molecule has 0 heterocycles. The van der Waals surface area contributed by atoms with Crippen molar-refractivity contribution in [1.82, 2.24) is 10.2 Å². The van der Waals surface area contributed by atoms with Gasteiger partial charge in [-0.3, -0.25) is 13.9 Å². The van der Waals surface area contributed by atoms with Crippen LogP contribution in [0.1, 0.15) is 32.8 Å². The maximum Gasteiger partial charge on any atom is 0.264 e. The molecule has 0 aliphatic rings. The zero-order chi connectivity index (χ0) is 30.2. The molecular formula is C30H36ClN3O6S. The van der Waals surface area contributed by atoms with Crippen molar-refractivity contribution in [2.24, 2.45) is 0 Å². The highest BCUT2D eigenvalue weighted by atomic mass is 35.5. The Morgan fingerprint density at radius 2 is 1.61 bits per heavy atom. The first kappa shape index (κ1) is 31.8. The van der Waals surface area contributed by atoms with E-state index in [0.717, 1.165) is 9.87 Å². The second-order valence-corrected chi connectivity index (χ2v) is 11.8. The third-order valence-corrected chi connectivity index (χ3v) is 8.71. The van der Waals surface area contributed by atoms with Gasteiger partial charge < -0.3 is 19.7 Å². The molecule has 2 atom stereocenters. The van der Waals surface area contributed by atoms with Crippen molar-refractivity contribution in [2.45, 2.75) is 50.7 Å². The normalized spacial score (nSPS) is 12.6. The number of benzene rings is 3. The number of anilines is 1. The minimum atomic E-state index is -4.25. The molecule has 0 spiro atoms. The van der Waals surface area contributed by atoms with Gasteiger partial charge in [0.1, 0.15) is 24.1 Å². The van der Waals surface area contributed by atoms with E-state index in [4.69, 9.17) is 21.1 Å². The summed E-state index contributed by atoms with van der Waals surface area (Å²) in [5.74, 6) is -0.0819. The van der Waals surface area contributed by atoms with Crippen LogP contribution in [0.5, 0.6) is 11.5 Å². The fraction of sp³-hybridized carbons (Fsp3) is 0.333. The van der Waals surface area contributed by atoms with Crippen LogP contribution < -0.4 is 19.1 Å². The monoisotopic (exact) mass is 601 g/mol. The van der Waals surface area contributed by atoms with Crippen molar-refractivity contribution >= 4 is 39.1 Å². The number of carbonyl (C=O) groups is 2. The maximum atomic E-state index is 14.1. The molecule has 3 aromatic rings. The fourth-order valence-corrected chi connectivity index (χ4v) is 5.67. The predicted octanol–water partition coefficient (Wildman–Crippen LogP) is 4.88. The smallest absolute Gasteiger partial charge is 0.264 e. The van der Waals surface area contributed by atoms with Crippen LogP contribution in [-0.2, 0) is 26.2 Å². The zero-order valence-corrected chi connectivity index (χ0v) is 25.4. The fourth-order valence-electron chi connectivity index (χ4n) is 4.07. The van der Waals surface area contributed by atoms with E-state index in [-0.39, 0.29) is 39.8 Å². The van der Waals surface area contributed by atoms with Gasteiger partial charge >= 0.3 is 0 Å². The largest absolute Gasteiger partial charge is 0.497 e. The molecule has 0 radical (unpaired) electrons. The molecule has 220 valence electrons. The third kappa shape index (κ3) is 7.92. The van der Waals surface area contributed by atoms with Gasteiger partial charge in [0.2, 0.25) is 11.8 Å². The number of ether oxygens (including phenoxy) is 2. The molecule has 0 unspecified atom stereocenters. The number of sulfonamides is 1. The van der Waals surface area contributed by atoms with Gasteiger partial charge in [0.05, 0.1) is 24.8 Å². The van der Waals surface area contributed by atoms with Crippen molar-refractivity contribution < 1.29 is 27.5 Å². The van der Waals surface area contributed by atoms with Crippen LogP contribution in [0, 0.1) is 0 Å². The Kier molecular flexibility index (Phi) is 11.0. The average Bonchev–Trinajstić information content (AvgIpc) is 2.98. The Balaban J connectivity index is 2.07. The zero-order valence-electron chi connectivity index (χ0n) is 23.8. The summed E-state index contributed by atoms with van der Waals surface area (Å²) in [5, 5.41) is 3.18. The van der Waals surface area contributed by atoms with Gasteiger partial charge in [-0.2, -0.15) is 0 Å². The van der Waals surface area contributed by atoms with Crippen molar-refractivity contribution in [1.29, 1.82) is 0 Å². The van der Waals surface area contributed by atoms with Crippen LogP contribution in [-0.4, -0.2) is 58.0 Å². The van der Waals surface area contributed by atoms with Crippen molar-refractivity contribution in [2.75, 3.05) is 25.1 Å². The minimum Gasteiger partial charge on any atom is -0.497 e. The lowest BCUT2D eigenvalue weighted by molar-refractivity contribution is -0.139. The molecule has 41 heavy (non-hydrogen) atoms. The molecule has 0 aliphatic carbocycles. The van der Waals surface area contributed by atoms with Gasteiger partial charge in [-0.15, -0.1) is 0 Å². The first-order valence-corrected chi connectivity index (χ1v) is 15.0. The Hall–Kier alpha value is -3.76. The highest BCUT2D eigenvalue weighted by Crippen LogP contribution is 2.35. The molecule has 0 saturated carbocycles. The number of nitrogens with one attached hydrogen (secondary N) is 1. The number of nitrogens with zero attached hydrogens (tertiary/aromatic N) is 2. The predicted molar refractivity (Wildman–Crippen MR) is 160 cm³/mol. The topological polar surface area (TPSA) is 105 Å². The number of rotatable bonds is 13. The molecule has 0 fully saturated rings. The van der Waals surface area contributed by atoms with Crippen LogP contribution in [0.2, 0.25) is 5.02 Å². The van der Waals surface area contributed by atoms with E-state index in [2.05, 4.69) is 5.32 Å². The molecular weight excluding hydrogens is 566 g/mol. The Morgan fingerprint density at radius 1 is 0.951 bits per heavy atom. The summed E-state index contributed by atoms with van der Waals surface area (Å²) in [6.45, 7) is 4.89. The van der Waals surface area contributed by atoms with E-state index in [1.165, 1.54) is 36.3 Å². The lowest BCUT2D eigenvalue weighted by Crippen LogP contribution is -2.52. The van der Waals surface area contributed by atoms with Crippen molar-refractivity contribution in [3.63, 3.8) is 0 Å². The first-order valence-electron chi connectivity index (χ1n) is 13.2. The number of hydrogen-bond donors (Lipinski definition) is 1. The van der Waals surface area contributed by atoms with Gasteiger partial charge in [-0.05, 0) is 68.3 Å². The van der Waals surface area contributed by atoms with E-state index in [9.17, 15) is 18.0 Å². The first-order chi connectivity index (χ1) is 19.5. The van der Waals surface area contributed by atoms with Gasteiger partial charge in [0.25, 0.3) is 10.0 Å². The second kappa shape index (κ2) is 14.2. The van der Waals surface area contributed by atoms with Crippen LogP contribution in [0.3, 0.4) is 0 Å². The molecule has 0 aliphatic heterocycles. The summed E-state index contributed by atoms with van der Waals surface area (Å²) in [6, 6.07) is 18.4. The number of methoxy groups -OCH3 is 2. The quantitative estimate of drug-likeness (QED) is 0.299. The Morgan fingerprint density at radius 3 is 2.20 bits per heavy atom. The lowest BCUT2D eigenvalue weighted by atomic mass is 10.1. The number of halogens is 1. The van der Waals surface area contributed by atoms with Crippen LogP contribution >= 0.6 is 11.6 Å². The summed E-state index contributed by atoms with van der Waals surface area (Å²) in [6.07, 6.45) is 0.711. The molecule has 0 bridgehead atoms. The van der Waals surface area contributed by atoms with Crippen LogP contribution in [0.25, 0.3) is 0 Å². The highest BCUT2D eigenvalue weighted by Gasteiger charge is 2.34. The number of carbonyl (C=O) groups excluding carboxylic acids is 2. The van der Waals surface area contributed by atoms with Crippen LogP contribution in [0.15, 0.2) is 77.7 Å². The van der Waals surface area contributed by atoms with Gasteiger partial charge in [0.15, 0.2) is 0 Å². The summed E-state index contributed by atoms with van der Waals surface area (Å²) in [5.41, 5.74) is 0.832. The molecule has 0 saturated heterocycles. The van der Waals surface area contributed by atoms with Gasteiger partial charge in [-0.1, -0.05) is 48.9 Å². The summed E-state index contributed by atoms with van der Waals surface area (Å²) in [7, 11) is -1.30. The standard InChI is InChI=1S/C30H36ClN3O6S/c1-6-21(2)32-30(36)22(3)33(19-23-12-15-25(39-4)16-13-23)29(35)20-34(27-18-24(31)14-17-28(27)40-5)41(37,38)26-10-8-7-9-11-26/h7-18,21-22H,6,19-20H2,1-5H3,(H,32,36)/t21-,22+/m0/s1. The molecule has 1 N–H and O–H groups in total. The molecule has 3 aromatic carbocycles. The number of amides is 2. The Bertz CT molecular complexity index is 1430. The Labute approximate surface area is 247 Å². The maximum absolute atomic E-state index is 14.1. The average molecular weight is 602 g/mol. The number of hydrogen-bond acceptors (Lipinski definition) is 6. The van der Waals surface area contributed by atoms with E-state index in [1.807, 2.05) is 13.8 Å². The van der Waals surface area contributed by atoms with Crippen LogP contribution in [0.4, 0.5) is 5.69 Å². The van der Waals surface area contributed by atoms with E-state index >= 15 is 0 Å². The molecule has 0 aromatic heterocycles. The van der Waals surface area contributed by atoms with Gasteiger partial charge in [0, 0.05) is 17.6 Å². The van der Waals surface area contributed by atoms with Gasteiger partial charge in [-0.25, -0.2) is 8.42 Å². The molecule has 3 rings (SSSR count). The summed E-state index contributed by atoms with van der Waals surface area (Å²) in [4.78, 5) is 28.6. The lowest BCUT2D eigenvalue weighted by Gasteiger charge is -2.33. The third-order valence-electron chi connectivity index (χ3n) is 6.70. The molecule has 2 amide bonds. The van der Waals surface area contributed by atoms with E-state index in [0.29, 0.717) is 12.2 Å². The SMILES string of the molecule is CC[C@H](C)NC(=O)[C@@H](C)N(Cc1ccc(OC)cc1)C(=O)CN(c1cc(Cl)ccc1OC)S(=O)(=O)c1ccccc1. The van der Waals surface area contributed by atoms with E-state index in [1.54, 1.807) is 62.6 Å². The summed E-state index contributed by atoms with van der Waals surface area (Å²) >= 11 is 6.26. The summed E-state index contributed by atoms with van der Waals surface area (Å²) < 4.78 is 39.6. The van der Waals surface area contributed by atoms with Crippen molar-refractivity contribution in [3.05, 3.63) is 83.4 Å².